The summed E-state index contributed by atoms with van der Waals surface area (Å²) in [4.78, 5) is 4.42. The molecule has 4 nitrogen and oxygen atoms in total. The third kappa shape index (κ3) is 3.98. The Morgan fingerprint density at radius 1 is 1.24 bits per heavy atom. The van der Waals surface area contributed by atoms with Gasteiger partial charge in [0.25, 0.3) is 0 Å². The van der Waals surface area contributed by atoms with E-state index in [2.05, 4.69) is 15.6 Å². The van der Waals surface area contributed by atoms with Crippen LogP contribution in [0, 0.1) is 0 Å². The van der Waals surface area contributed by atoms with Gasteiger partial charge in [-0.2, -0.15) is 0 Å². The molecule has 92 valence electrons. The monoisotopic (exact) mass is 233 g/mol. The normalized spacial score (nSPS) is 15.6. The fraction of sp³-hybridized carbons (Fsp3) is 0.462. The van der Waals surface area contributed by atoms with Crippen molar-refractivity contribution in [3.05, 3.63) is 29.8 Å². The smallest absolute Gasteiger partial charge is 0.191 e. The van der Waals surface area contributed by atoms with Gasteiger partial charge in [0, 0.05) is 19.6 Å². The summed E-state index contributed by atoms with van der Waals surface area (Å²) in [6.07, 6.45) is 3.28. The molecule has 1 heterocycles. The van der Waals surface area contributed by atoms with Crippen molar-refractivity contribution in [3.8, 4) is 5.75 Å². The first-order chi connectivity index (χ1) is 8.34. The zero-order valence-corrected chi connectivity index (χ0v) is 9.95. The van der Waals surface area contributed by atoms with Gasteiger partial charge in [0.05, 0.1) is 0 Å². The summed E-state index contributed by atoms with van der Waals surface area (Å²) in [5, 5.41) is 15.7. The molecule has 0 aromatic heterocycles. The van der Waals surface area contributed by atoms with Crippen molar-refractivity contribution in [1.82, 2.24) is 10.6 Å². The van der Waals surface area contributed by atoms with Crippen molar-refractivity contribution in [1.29, 1.82) is 0 Å². The van der Waals surface area contributed by atoms with Crippen LogP contribution >= 0.6 is 0 Å². The zero-order chi connectivity index (χ0) is 11.9. The minimum atomic E-state index is 0.316. The Balaban J connectivity index is 1.75. The lowest BCUT2D eigenvalue weighted by Gasteiger charge is -2.09. The second-order valence-corrected chi connectivity index (χ2v) is 4.21. The molecule has 0 saturated heterocycles. The average molecular weight is 233 g/mol. The average Bonchev–Trinajstić information content (AvgIpc) is 2.60. The van der Waals surface area contributed by atoms with Crippen LogP contribution in [0.15, 0.2) is 29.3 Å². The molecule has 1 aliphatic heterocycles. The Kier molecular flexibility index (Phi) is 4.24. The van der Waals surface area contributed by atoms with Crippen molar-refractivity contribution in [2.24, 2.45) is 4.99 Å². The van der Waals surface area contributed by atoms with Gasteiger partial charge in [0.15, 0.2) is 5.96 Å². The number of aromatic hydroxyl groups is 1. The Morgan fingerprint density at radius 2 is 2.06 bits per heavy atom. The Morgan fingerprint density at radius 3 is 2.88 bits per heavy atom. The summed E-state index contributed by atoms with van der Waals surface area (Å²) in [5.74, 6) is 1.23. The quantitative estimate of drug-likeness (QED) is 0.737. The highest BCUT2D eigenvalue weighted by atomic mass is 16.3. The molecule has 17 heavy (non-hydrogen) atoms. The van der Waals surface area contributed by atoms with Gasteiger partial charge in [-0.15, -0.1) is 0 Å². The van der Waals surface area contributed by atoms with Crippen LogP contribution in [-0.4, -0.2) is 30.7 Å². The molecule has 0 amide bonds. The zero-order valence-electron chi connectivity index (χ0n) is 9.95. The number of hydrogen-bond acceptors (Lipinski definition) is 4. The van der Waals surface area contributed by atoms with Gasteiger partial charge in [-0.05, 0) is 37.0 Å². The highest BCUT2D eigenvalue weighted by Gasteiger charge is 2.01. The van der Waals surface area contributed by atoms with Crippen molar-refractivity contribution < 1.29 is 5.11 Å². The van der Waals surface area contributed by atoms with Gasteiger partial charge in [0.2, 0.25) is 0 Å². The molecule has 0 atom stereocenters. The molecule has 3 N–H and O–H groups in total. The number of hydrogen-bond donors (Lipinski definition) is 3. The third-order valence-corrected chi connectivity index (χ3v) is 2.79. The first kappa shape index (κ1) is 11.8. The molecule has 0 saturated carbocycles. The number of benzene rings is 1. The number of nitrogens with zero attached hydrogens (tertiary/aromatic N) is 1. The minimum Gasteiger partial charge on any atom is -0.508 e. The Labute approximate surface area is 102 Å². The predicted octanol–water partition coefficient (Wildman–Crippen LogP) is 1.26. The van der Waals surface area contributed by atoms with Crippen molar-refractivity contribution in [2.75, 3.05) is 19.6 Å². The van der Waals surface area contributed by atoms with E-state index in [-0.39, 0.29) is 0 Å². The summed E-state index contributed by atoms with van der Waals surface area (Å²) in [6.45, 7) is 2.77. The molecule has 0 unspecified atom stereocenters. The summed E-state index contributed by atoms with van der Waals surface area (Å²) in [7, 11) is 0. The van der Waals surface area contributed by atoms with Gasteiger partial charge < -0.3 is 15.7 Å². The van der Waals surface area contributed by atoms with Gasteiger partial charge >= 0.3 is 0 Å². The molecule has 2 rings (SSSR count). The molecule has 0 aliphatic carbocycles. The van der Waals surface area contributed by atoms with E-state index in [0.717, 1.165) is 38.4 Å². The molecular weight excluding hydrogens is 214 g/mol. The summed E-state index contributed by atoms with van der Waals surface area (Å²) in [6, 6.07) is 7.33. The van der Waals surface area contributed by atoms with Crippen molar-refractivity contribution in [3.63, 3.8) is 0 Å². The van der Waals surface area contributed by atoms with Gasteiger partial charge in [-0.3, -0.25) is 4.99 Å². The number of phenolic OH excluding ortho intramolecular Hbond substituents is 1. The van der Waals surface area contributed by atoms with Gasteiger partial charge in [-0.25, -0.2) is 0 Å². The SMILES string of the molecule is Oc1ccc(CCNC2=NCCCCN2)cc1. The number of rotatable bonds is 3. The minimum absolute atomic E-state index is 0.316. The maximum Gasteiger partial charge on any atom is 0.191 e. The van der Waals surface area contributed by atoms with E-state index in [4.69, 9.17) is 0 Å². The lowest BCUT2D eigenvalue weighted by molar-refractivity contribution is 0.475. The van der Waals surface area contributed by atoms with E-state index in [1.54, 1.807) is 12.1 Å². The second kappa shape index (κ2) is 6.13. The van der Waals surface area contributed by atoms with E-state index in [9.17, 15) is 5.11 Å². The molecule has 0 spiro atoms. The molecular formula is C13H19N3O. The molecule has 1 aromatic rings. The van der Waals surface area contributed by atoms with Gasteiger partial charge in [-0.1, -0.05) is 12.1 Å². The van der Waals surface area contributed by atoms with Crippen LogP contribution in [0.3, 0.4) is 0 Å². The fourth-order valence-electron chi connectivity index (χ4n) is 1.80. The molecule has 1 aliphatic rings. The standard InChI is InChI=1S/C13H19N3O/c17-12-5-3-11(4-6-12)7-10-16-13-14-8-1-2-9-15-13/h3-6,17H,1-2,7-10H2,(H2,14,15,16). The molecule has 4 heteroatoms. The van der Waals surface area contributed by atoms with Crippen molar-refractivity contribution in [2.45, 2.75) is 19.3 Å². The first-order valence-corrected chi connectivity index (χ1v) is 6.15. The lowest BCUT2D eigenvalue weighted by Crippen LogP contribution is -2.38. The predicted molar refractivity (Wildman–Crippen MR) is 69.4 cm³/mol. The number of aliphatic imine (C=N–C) groups is 1. The van der Waals surface area contributed by atoms with E-state index in [1.807, 2.05) is 12.1 Å². The lowest BCUT2D eigenvalue weighted by atomic mass is 10.1. The summed E-state index contributed by atoms with van der Waals surface area (Å²) >= 11 is 0. The molecule has 0 fully saturated rings. The van der Waals surface area contributed by atoms with Crippen LogP contribution in [0.2, 0.25) is 0 Å². The summed E-state index contributed by atoms with van der Waals surface area (Å²) in [5.41, 5.74) is 1.21. The Bertz CT molecular complexity index is 373. The van der Waals surface area contributed by atoms with E-state index < -0.39 is 0 Å². The van der Waals surface area contributed by atoms with Crippen LogP contribution in [0.1, 0.15) is 18.4 Å². The highest BCUT2D eigenvalue weighted by Crippen LogP contribution is 2.09. The van der Waals surface area contributed by atoms with Crippen LogP contribution < -0.4 is 10.6 Å². The van der Waals surface area contributed by atoms with Crippen LogP contribution in [0.25, 0.3) is 0 Å². The highest BCUT2D eigenvalue weighted by molar-refractivity contribution is 5.79. The van der Waals surface area contributed by atoms with Crippen LogP contribution in [0.5, 0.6) is 5.75 Å². The molecule has 0 bridgehead atoms. The largest absolute Gasteiger partial charge is 0.508 e. The van der Waals surface area contributed by atoms with Crippen molar-refractivity contribution >= 4 is 5.96 Å². The van der Waals surface area contributed by atoms with E-state index in [0.29, 0.717) is 5.75 Å². The number of nitrogens with one attached hydrogen (secondary N) is 2. The molecule has 0 radical (unpaired) electrons. The Hall–Kier alpha value is -1.71. The number of guanidine groups is 1. The summed E-state index contributed by atoms with van der Waals surface area (Å²) < 4.78 is 0. The van der Waals surface area contributed by atoms with Crippen LogP contribution in [-0.2, 0) is 6.42 Å². The fourth-order valence-corrected chi connectivity index (χ4v) is 1.80. The van der Waals surface area contributed by atoms with Crippen LogP contribution in [0.4, 0.5) is 0 Å². The molecule has 1 aromatic carbocycles. The second-order valence-electron chi connectivity index (χ2n) is 4.21. The topological polar surface area (TPSA) is 56.6 Å². The van der Waals surface area contributed by atoms with Gasteiger partial charge in [0.1, 0.15) is 5.75 Å². The maximum absolute atomic E-state index is 9.17. The maximum atomic E-state index is 9.17. The van der Waals surface area contributed by atoms with E-state index in [1.165, 1.54) is 12.0 Å². The van der Waals surface area contributed by atoms with E-state index >= 15 is 0 Å². The first-order valence-electron chi connectivity index (χ1n) is 6.15. The third-order valence-electron chi connectivity index (χ3n) is 2.79. The number of phenols is 1.